The zero-order chi connectivity index (χ0) is 34.0. The number of methoxy groups -OCH3 is 1. The first-order valence-corrected chi connectivity index (χ1v) is 19.0. The molecule has 0 heterocycles. The minimum absolute atomic E-state index is 0.0140. The number of carbonyl (C=O) groups excluding carboxylic acids is 2. The first kappa shape index (κ1) is 37.4. The molecule has 1 aliphatic rings. The fourth-order valence-electron chi connectivity index (χ4n) is 6.31. The van der Waals surface area contributed by atoms with Gasteiger partial charge in [0.05, 0.1) is 36.4 Å². The number of hydrogen-bond acceptors (Lipinski definition) is 6. The van der Waals surface area contributed by atoms with E-state index >= 15 is 0 Å². The van der Waals surface area contributed by atoms with Crippen molar-refractivity contribution in [3.8, 4) is 5.75 Å². The van der Waals surface area contributed by atoms with Gasteiger partial charge >= 0.3 is 0 Å². The Morgan fingerprint density at radius 3 is 2.20 bits per heavy atom. The number of rotatable bonds is 15. The highest BCUT2D eigenvalue weighted by atomic mass is 35.5. The van der Waals surface area contributed by atoms with Crippen molar-refractivity contribution >= 4 is 37.3 Å². The molecule has 0 aliphatic heterocycles. The van der Waals surface area contributed by atoms with Gasteiger partial charge in [0.1, 0.15) is 23.2 Å². The Kier molecular flexibility index (Phi) is 14.0. The number of hydrogen-bond donors (Lipinski definition) is 1. The number of ether oxygens (including phenoxy) is 1. The quantitative estimate of drug-likeness (QED) is 0.117. The molecule has 0 spiro atoms. The van der Waals surface area contributed by atoms with Crippen LogP contribution < -0.4 is 10.5 Å². The normalized spacial score (nSPS) is 18.3. The van der Waals surface area contributed by atoms with Crippen LogP contribution in [0.15, 0.2) is 53.2 Å². The number of amides is 1. The third kappa shape index (κ3) is 9.48. The van der Waals surface area contributed by atoms with Crippen molar-refractivity contribution in [1.82, 2.24) is 4.90 Å². The second kappa shape index (κ2) is 17.2. The molecular weight excluding hydrogens is 628 g/mol. The minimum atomic E-state index is -2.29. The van der Waals surface area contributed by atoms with Gasteiger partial charge in [0.25, 0.3) is 5.91 Å². The molecule has 46 heavy (non-hydrogen) atoms. The molecule has 1 fully saturated rings. The summed E-state index contributed by atoms with van der Waals surface area (Å²) in [7, 11) is -0.744. The SMILES string of the molecule is CC[Si](CC)(CC)OC(CN(Cc1cc(F)cc(F)c1)C(=O)C(=CN)C(C)=NC1CCC(C(C)=O)CC1)c1c(Cl)cccc1OC. The fourth-order valence-corrected chi connectivity index (χ4v) is 9.39. The van der Waals surface area contributed by atoms with Gasteiger partial charge in [-0.2, -0.15) is 0 Å². The number of aliphatic imine (C=N–C) groups is 1. The Bertz CT molecular complexity index is 1400. The molecule has 7 nitrogen and oxygen atoms in total. The van der Waals surface area contributed by atoms with E-state index in [1.54, 1.807) is 39.2 Å². The largest absolute Gasteiger partial charge is 0.496 e. The maximum absolute atomic E-state index is 14.4. The van der Waals surface area contributed by atoms with Crippen molar-refractivity contribution in [2.24, 2.45) is 16.6 Å². The number of halogens is 3. The average Bonchev–Trinajstić information content (AvgIpc) is 3.02. The molecule has 0 bridgehead atoms. The van der Waals surface area contributed by atoms with Crippen LogP contribution in [-0.4, -0.2) is 50.3 Å². The van der Waals surface area contributed by atoms with E-state index in [2.05, 4.69) is 20.8 Å². The molecule has 1 amide bonds. The summed E-state index contributed by atoms with van der Waals surface area (Å²) in [6.45, 7) is 9.58. The molecule has 1 aliphatic carbocycles. The number of nitrogens with two attached hydrogens (primary N) is 1. The van der Waals surface area contributed by atoms with Gasteiger partial charge in [0.15, 0.2) is 8.32 Å². The van der Waals surface area contributed by atoms with Crippen LogP contribution in [0.4, 0.5) is 8.78 Å². The summed E-state index contributed by atoms with van der Waals surface area (Å²) in [5.74, 6) is -1.20. The van der Waals surface area contributed by atoms with Crippen LogP contribution in [0.5, 0.6) is 5.75 Å². The zero-order valence-electron chi connectivity index (χ0n) is 27.9. The van der Waals surface area contributed by atoms with Crippen molar-refractivity contribution in [3.63, 3.8) is 0 Å². The smallest absolute Gasteiger partial charge is 0.257 e. The molecule has 2 aromatic rings. The van der Waals surface area contributed by atoms with Crippen LogP contribution in [0.1, 0.15) is 77.5 Å². The van der Waals surface area contributed by atoms with Crippen LogP contribution >= 0.6 is 11.6 Å². The molecule has 1 unspecified atom stereocenters. The van der Waals surface area contributed by atoms with E-state index in [9.17, 15) is 18.4 Å². The van der Waals surface area contributed by atoms with Gasteiger partial charge in [0, 0.05) is 36.0 Å². The Morgan fingerprint density at radius 2 is 1.67 bits per heavy atom. The molecule has 2 aromatic carbocycles. The molecule has 252 valence electrons. The molecule has 2 N–H and O–H groups in total. The molecule has 0 radical (unpaired) electrons. The van der Waals surface area contributed by atoms with Gasteiger partial charge < -0.3 is 19.8 Å². The third-order valence-electron chi connectivity index (χ3n) is 9.28. The lowest BCUT2D eigenvalue weighted by Gasteiger charge is -2.37. The van der Waals surface area contributed by atoms with Gasteiger partial charge in [0.2, 0.25) is 0 Å². The molecule has 0 aromatic heterocycles. The number of benzene rings is 2. The van der Waals surface area contributed by atoms with E-state index in [4.69, 9.17) is 31.5 Å². The summed E-state index contributed by atoms with van der Waals surface area (Å²) < 4.78 is 41.4. The number of ketones is 1. The first-order chi connectivity index (χ1) is 21.9. The van der Waals surface area contributed by atoms with Crippen LogP contribution in [0.2, 0.25) is 23.2 Å². The molecule has 1 atom stereocenters. The molecular formula is C35H48ClF2N3O4Si. The van der Waals surface area contributed by atoms with Crippen LogP contribution in [0.3, 0.4) is 0 Å². The maximum Gasteiger partial charge on any atom is 0.257 e. The van der Waals surface area contributed by atoms with Gasteiger partial charge in [-0.1, -0.05) is 38.4 Å². The van der Waals surface area contributed by atoms with Crippen molar-refractivity contribution < 1.29 is 27.5 Å². The lowest BCUT2D eigenvalue weighted by molar-refractivity contribution is -0.128. The third-order valence-corrected chi connectivity index (χ3v) is 14.3. The van der Waals surface area contributed by atoms with E-state index in [-0.39, 0.29) is 42.0 Å². The number of Topliss-reactive ketones (excluding diaryl/α,β-unsaturated/α-hetero) is 1. The van der Waals surface area contributed by atoms with E-state index in [0.717, 1.165) is 49.9 Å². The zero-order valence-corrected chi connectivity index (χ0v) is 29.6. The topological polar surface area (TPSA) is 94.2 Å². The van der Waals surface area contributed by atoms with E-state index < -0.39 is 32.0 Å². The summed E-state index contributed by atoms with van der Waals surface area (Å²) in [6.07, 6.45) is 3.51. The highest BCUT2D eigenvalue weighted by Crippen LogP contribution is 2.39. The van der Waals surface area contributed by atoms with E-state index in [1.807, 2.05) is 0 Å². The van der Waals surface area contributed by atoms with Crippen molar-refractivity contribution in [1.29, 1.82) is 0 Å². The number of nitrogens with zero attached hydrogens (tertiary/aromatic N) is 2. The van der Waals surface area contributed by atoms with Crippen molar-refractivity contribution in [2.75, 3.05) is 13.7 Å². The lowest BCUT2D eigenvalue weighted by atomic mass is 9.84. The second-order valence-electron chi connectivity index (χ2n) is 12.1. The lowest BCUT2D eigenvalue weighted by Crippen LogP contribution is -2.43. The summed E-state index contributed by atoms with van der Waals surface area (Å²) >= 11 is 6.79. The van der Waals surface area contributed by atoms with E-state index in [1.165, 1.54) is 23.2 Å². The number of carbonyl (C=O) groups is 2. The molecule has 11 heteroatoms. The summed E-state index contributed by atoms with van der Waals surface area (Å²) in [5, 5.41) is 0.424. The average molecular weight is 676 g/mol. The summed E-state index contributed by atoms with van der Waals surface area (Å²) in [4.78, 5) is 32.6. The fraction of sp³-hybridized carbons (Fsp3) is 0.514. The van der Waals surface area contributed by atoms with Crippen molar-refractivity contribution in [3.05, 3.63) is 76.0 Å². The van der Waals surface area contributed by atoms with Gasteiger partial charge in [-0.3, -0.25) is 14.6 Å². The Balaban J connectivity index is 2.08. The van der Waals surface area contributed by atoms with Gasteiger partial charge in [-0.05, 0) is 87.5 Å². The predicted molar refractivity (Wildman–Crippen MR) is 183 cm³/mol. The standard InChI is InChI=1S/C35H48ClF2N3O4Si/c1-7-46(8-2,9-3)45-33(34-31(36)11-10-12-32(34)44-6)22-41(21-25-17-27(37)19-28(38)18-25)35(43)30(20-39)23(4)40-29-15-13-26(14-16-29)24(5)42/h10-12,17-20,26,29,33H,7-9,13-16,21-22,39H2,1-6H3. The van der Waals surface area contributed by atoms with Crippen LogP contribution in [0.25, 0.3) is 0 Å². The highest BCUT2D eigenvalue weighted by molar-refractivity contribution is 6.73. The van der Waals surface area contributed by atoms with Gasteiger partial charge in [-0.25, -0.2) is 8.78 Å². The summed E-state index contributed by atoms with van der Waals surface area (Å²) in [5.41, 5.74) is 7.60. The maximum atomic E-state index is 14.4. The Morgan fingerprint density at radius 1 is 1.07 bits per heavy atom. The molecule has 0 saturated heterocycles. The van der Waals surface area contributed by atoms with Crippen molar-refractivity contribution in [2.45, 2.75) is 97.1 Å². The highest BCUT2D eigenvalue weighted by Gasteiger charge is 2.36. The monoisotopic (exact) mass is 675 g/mol. The Labute approximate surface area is 278 Å². The summed E-state index contributed by atoms with van der Waals surface area (Å²) in [6, 6.07) is 11.0. The van der Waals surface area contributed by atoms with Crippen LogP contribution in [-0.2, 0) is 20.6 Å². The van der Waals surface area contributed by atoms with Crippen LogP contribution in [0, 0.1) is 17.6 Å². The minimum Gasteiger partial charge on any atom is -0.496 e. The van der Waals surface area contributed by atoms with E-state index in [0.29, 0.717) is 22.0 Å². The second-order valence-corrected chi connectivity index (χ2v) is 17.2. The molecule has 1 saturated carbocycles. The first-order valence-electron chi connectivity index (χ1n) is 16.1. The van der Waals surface area contributed by atoms with Gasteiger partial charge in [-0.15, -0.1) is 0 Å². The predicted octanol–water partition coefficient (Wildman–Crippen LogP) is 8.17. The molecule has 3 rings (SSSR count). The Hall–Kier alpha value is -3.08.